The molecule has 0 saturated heterocycles. The first-order valence-corrected chi connectivity index (χ1v) is 5.54. The maximum Gasteiger partial charge on any atom is 0.341 e. The maximum absolute atomic E-state index is 12.1. The van der Waals surface area contributed by atoms with Gasteiger partial charge in [-0.25, -0.2) is 4.79 Å². The second kappa shape index (κ2) is 4.26. The fraction of sp³-hybridized carbons (Fsp3) is 0.0833. The normalized spacial score (nSPS) is 12.4. The van der Waals surface area contributed by atoms with Crippen molar-refractivity contribution in [3.63, 3.8) is 0 Å². The number of amides is 1. The summed E-state index contributed by atoms with van der Waals surface area (Å²) in [6, 6.07) is 2.90. The Bertz CT molecular complexity index is 795. The molecule has 0 spiro atoms. The van der Waals surface area contributed by atoms with Crippen molar-refractivity contribution >= 4 is 23.3 Å². The van der Waals surface area contributed by atoms with Crippen LogP contribution in [-0.2, 0) is 4.79 Å². The summed E-state index contributed by atoms with van der Waals surface area (Å²) in [6.07, 6.45) is 1.42. The lowest BCUT2D eigenvalue weighted by atomic mass is 10.1. The highest BCUT2D eigenvalue weighted by Crippen LogP contribution is 2.34. The minimum atomic E-state index is -1.38. The number of aromatic carboxylic acids is 1. The van der Waals surface area contributed by atoms with Gasteiger partial charge >= 0.3 is 5.97 Å². The lowest BCUT2D eigenvalue weighted by molar-refractivity contribution is -0.106. The Balaban J connectivity index is 2.40. The molecule has 3 rings (SSSR count). The molecule has 0 atom stereocenters. The molecule has 1 aromatic heterocycles. The van der Waals surface area contributed by atoms with E-state index in [0.29, 0.717) is 23.4 Å². The second-order valence-electron chi connectivity index (χ2n) is 4.02. The third kappa shape index (κ3) is 1.66. The molecule has 0 unspecified atom stereocenters. The topological polar surface area (TPSA) is 107 Å². The number of ether oxygens (including phenoxy) is 2. The van der Waals surface area contributed by atoms with E-state index in [0.717, 1.165) is 10.9 Å². The molecule has 1 aromatic carbocycles. The molecule has 0 fully saturated rings. The molecule has 0 radical (unpaired) electrons. The summed E-state index contributed by atoms with van der Waals surface area (Å²) in [7, 11) is 0. The molecule has 2 N–H and O–H groups in total. The van der Waals surface area contributed by atoms with Crippen LogP contribution in [0.2, 0.25) is 0 Å². The Morgan fingerprint density at radius 3 is 2.70 bits per heavy atom. The highest BCUT2D eigenvalue weighted by atomic mass is 16.7. The van der Waals surface area contributed by atoms with Gasteiger partial charge in [0.2, 0.25) is 18.6 Å². The first-order chi connectivity index (χ1) is 9.61. The fourth-order valence-corrected chi connectivity index (χ4v) is 2.03. The summed E-state index contributed by atoms with van der Waals surface area (Å²) in [5, 5.41) is 9.14. The Hall–Kier alpha value is -3.03. The minimum Gasteiger partial charge on any atom is -0.477 e. The molecule has 102 valence electrons. The number of hydrogen-bond donors (Lipinski definition) is 2. The number of pyridine rings is 1. The smallest absolute Gasteiger partial charge is 0.341 e. The van der Waals surface area contributed by atoms with Gasteiger partial charge in [0, 0.05) is 12.3 Å². The number of hydrogen-bond acceptors (Lipinski definition) is 5. The number of nitrogens with one attached hydrogen (secondary N) is 1. The van der Waals surface area contributed by atoms with Gasteiger partial charge in [-0.2, -0.15) is 0 Å². The van der Waals surface area contributed by atoms with Crippen LogP contribution < -0.4 is 20.3 Å². The van der Waals surface area contributed by atoms with E-state index in [1.54, 1.807) is 0 Å². The van der Waals surface area contributed by atoms with E-state index < -0.39 is 17.0 Å². The zero-order valence-corrected chi connectivity index (χ0v) is 9.95. The van der Waals surface area contributed by atoms with Crippen molar-refractivity contribution in [1.29, 1.82) is 0 Å². The van der Waals surface area contributed by atoms with Crippen LogP contribution in [-0.4, -0.2) is 29.0 Å². The Morgan fingerprint density at radius 2 is 2.05 bits per heavy atom. The van der Waals surface area contributed by atoms with Crippen molar-refractivity contribution in [2.75, 3.05) is 12.2 Å². The predicted molar refractivity (Wildman–Crippen MR) is 66.7 cm³/mol. The highest BCUT2D eigenvalue weighted by Gasteiger charge is 2.20. The first kappa shape index (κ1) is 12.0. The van der Waals surface area contributed by atoms with Gasteiger partial charge in [-0.15, -0.1) is 0 Å². The van der Waals surface area contributed by atoms with Crippen molar-refractivity contribution in [2.24, 2.45) is 0 Å². The number of benzene rings is 1. The molecule has 0 bridgehead atoms. The number of carbonyl (C=O) groups excluding carboxylic acids is 1. The van der Waals surface area contributed by atoms with E-state index in [2.05, 4.69) is 5.43 Å². The molecule has 2 heterocycles. The van der Waals surface area contributed by atoms with Gasteiger partial charge in [0.05, 0.1) is 10.9 Å². The third-order valence-electron chi connectivity index (χ3n) is 2.92. The van der Waals surface area contributed by atoms with Crippen LogP contribution >= 0.6 is 0 Å². The first-order valence-electron chi connectivity index (χ1n) is 5.54. The Kier molecular flexibility index (Phi) is 2.56. The summed E-state index contributed by atoms with van der Waals surface area (Å²) in [6.45, 7) is 0.0206. The van der Waals surface area contributed by atoms with E-state index in [9.17, 15) is 14.4 Å². The average molecular weight is 276 g/mol. The SMILES string of the molecule is O=CNn1cc(C(=O)O)c(=O)c2cc3c(cc21)OCO3. The second-order valence-corrected chi connectivity index (χ2v) is 4.02. The van der Waals surface area contributed by atoms with Gasteiger partial charge in [-0.1, -0.05) is 0 Å². The van der Waals surface area contributed by atoms with Crippen LogP contribution in [0.25, 0.3) is 10.9 Å². The quantitative estimate of drug-likeness (QED) is 0.771. The van der Waals surface area contributed by atoms with Crippen molar-refractivity contribution < 1.29 is 24.2 Å². The van der Waals surface area contributed by atoms with Gasteiger partial charge in [0.1, 0.15) is 5.56 Å². The van der Waals surface area contributed by atoms with Crippen molar-refractivity contribution in [3.8, 4) is 11.5 Å². The Labute approximate surface area is 111 Å². The summed E-state index contributed by atoms with van der Waals surface area (Å²) in [4.78, 5) is 33.8. The number of carbonyl (C=O) groups is 2. The molecule has 8 nitrogen and oxygen atoms in total. The van der Waals surface area contributed by atoms with Gasteiger partial charge in [0.15, 0.2) is 11.5 Å². The van der Waals surface area contributed by atoms with Gasteiger partial charge in [0.25, 0.3) is 0 Å². The predicted octanol–water partition coefficient (Wildman–Crippen LogP) is 0.128. The minimum absolute atomic E-state index is 0.0206. The van der Waals surface area contributed by atoms with Crippen LogP contribution in [0.3, 0.4) is 0 Å². The number of nitrogens with zero attached hydrogens (tertiary/aromatic N) is 1. The van der Waals surface area contributed by atoms with Crippen LogP contribution in [0.5, 0.6) is 11.5 Å². The van der Waals surface area contributed by atoms with Crippen molar-refractivity contribution in [1.82, 2.24) is 4.68 Å². The zero-order chi connectivity index (χ0) is 14.3. The zero-order valence-electron chi connectivity index (χ0n) is 9.95. The summed E-state index contributed by atoms with van der Waals surface area (Å²) < 4.78 is 11.5. The lowest BCUT2D eigenvalue weighted by Crippen LogP contribution is -2.23. The highest BCUT2D eigenvalue weighted by molar-refractivity contribution is 5.94. The van der Waals surface area contributed by atoms with Crippen molar-refractivity contribution in [2.45, 2.75) is 0 Å². The van der Waals surface area contributed by atoms with Gasteiger partial charge in [-0.05, 0) is 6.07 Å². The molecule has 2 aromatic rings. The summed E-state index contributed by atoms with van der Waals surface area (Å²) in [5.74, 6) is -0.604. The van der Waals surface area contributed by atoms with Crippen LogP contribution in [0.15, 0.2) is 23.1 Å². The maximum atomic E-state index is 12.1. The Morgan fingerprint density at radius 1 is 1.35 bits per heavy atom. The molecule has 1 aliphatic rings. The number of aromatic nitrogens is 1. The molecule has 1 amide bonds. The summed E-state index contributed by atoms with van der Waals surface area (Å²) in [5.41, 5.74) is 1.51. The standard InChI is InChI=1S/C12H8N2O6/c15-4-13-14-3-7(12(17)18)11(16)6-1-9-10(2-8(6)14)20-5-19-9/h1-4H,5H2,(H,13,15)(H,17,18). The molecule has 0 saturated carbocycles. The molecular weight excluding hydrogens is 268 g/mol. The van der Waals surface area contributed by atoms with Crippen LogP contribution in [0.1, 0.15) is 10.4 Å². The molecular formula is C12H8N2O6. The molecule has 8 heteroatoms. The monoisotopic (exact) mass is 276 g/mol. The van der Waals surface area contributed by atoms with Crippen molar-refractivity contribution in [3.05, 3.63) is 34.1 Å². The van der Waals surface area contributed by atoms with Gasteiger partial charge < -0.3 is 14.6 Å². The molecule has 20 heavy (non-hydrogen) atoms. The van der Waals surface area contributed by atoms with E-state index in [4.69, 9.17) is 14.6 Å². The number of carboxylic acid groups (broad SMARTS) is 1. The third-order valence-corrected chi connectivity index (χ3v) is 2.92. The van der Waals surface area contributed by atoms with Crippen LogP contribution in [0, 0.1) is 0 Å². The largest absolute Gasteiger partial charge is 0.477 e. The summed E-state index contributed by atoms with van der Waals surface area (Å²) >= 11 is 0. The molecule has 0 aliphatic carbocycles. The van der Waals surface area contributed by atoms with Gasteiger partial charge in [-0.3, -0.25) is 19.7 Å². The fourth-order valence-electron chi connectivity index (χ4n) is 2.03. The van der Waals surface area contributed by atoms with E-state index in [1.807, 2.05) is 0 Å². The van der Waals surface area contributed by atoms with Crippen LogP contribution in [0.4, 0.5) is 0 Å². The van der Waals surface area contributed by atoms with E-state index >= 15 is 0 Å². The number of fused-ring (bicyclic) bond motifs is 2. The number of carboxylic acids is 1. The number of rotatable bonds is 3. The molecule has 1 aliphatic heterocycles. The van der Waals surface area contributed by atoms with E-state index in [-0.39, 0.29) is 12.2 Å². The lowest BCUT2D eigenvalue weighted by Gasteiger charge is -2.11. The van der Waals surface area contributed by atoms with E-state index in [1.165, 1.54) is 12.1 Å². The average Bonchev–Trinajstić information content (AvgIpc) is 2.87.